The zero-order valence-electron chi connectivity index (χ0n) is 12.4. The van der Waals surface area contributed by atoms with Crippen LogP contribution in [-0.4, -0.2) is 37.7 Å². The number of nitrogens with zero attached hydrogens (tertiary/aromatic N) is 1. The van der Waals surface area contributed by atoms with Gasteiger partial charge >= 0.3 is 0 Å². The molecule has 1 aromatic heterocycles. The maximum Gasteiger partial charge on any atom is 0.118 e. The zero-order chi connectivity index (χ0) is 13.8. The molecular weight excluding hydrogens is 252 g/mol. The lowest BCUT2D eigenvalue weighted by atomic mass is 10.0. The second kappa shape index (κ2) is 6.74. The standard InChI is InChI=1S/C16H26N2O2/c1-18(10-13-3-2-8-19-12-13)11-16-7-6-15(20-16)9-17-14-4-5-14/h6-7,13-14,17H,2-5,8-12H2,1H3. The molecule has 1 unspecified atom stereocenters. The molecule has 0 amide bonds. The van der Waals surface area contributed by atoms with E-state index in [4.69, 9.17) is 9.15 Å². The SMILES string of the molecule is CN(Cc1ccc(CNC2CC2)o1)CC1CCCOC1. The molecule has 1 saturated heterocycles. The van der Waals surface area contributed by atoms with Crippen LogP contribution in [0.25, 0.3) is 0 Å². The predicted molar refractivity (Wildman–Crippen MR) is 78.4 cm³/mol. The number of rotatable bonds is 7. The molecule has 112 valence electrons. The molecule has 0 spiro atoms. The molecule has 1 aliphatic heterocycles. The fraction of sp³-hybridized carbons (Fsp3) is 0.750. The molecule has 0 aromatic carbocycles. The Morgan fingerprint density at radius 2 is 2.10 bits per heavy atom. The van der Waals surface area contributed by atoms with Crippen LogP contribution in [0.1, 0.15) is 37.2 Å². The molecule has 1 aliphatic carbocycles. The fourth-order valence-electron chi connectivity index (χ4n) is 2.86. The maximum atomic E-state index is 5.89. The first-order valence-electron chi connectivity index (χ1n) is 7.87. The monoisotopic (exact) mass is 278 g/mol. The Morgan fingerprint density at radius 3 is 2.85 bits per heavy atom. The molecule has 0 bridgehead atoms. The van der Waals surface area contributed by atoms with Crippen molar-refractivity contribution in [2.45, 2.75) is 44.8 Å². The van der Waals surface area contributed by atoms with Gasteiger partial charge in [-0.2, -0.15) is 0 Å². The minimum atomic E-state index is 0.680. The number of furan rings is 1. The summed E-state index contributed by atoms with van der Waals surface area (Å²) in [6, 6.07) is 4.94. The Morgan fingerprint density at radius 1 is 1.25 bits per heavy atom. The Balaban J connectivity index is 1.41. The van der Waals surface area contributed by atoms with Crippen molar-refractivity contribution in [2.75, 3.05) is 26.8 Å². The van der Waals surface area contributed by atoms with Gasteiger partial charge in [-0.1, -0.05) is 0 Å². The summed E-state index contributed by atoms with van der Waals surface area (Å²) in [7, 11) is 2.17. The van der Waals surface area contributed by atoms with Gasteiger partial charge in [-0.15, -0.1) is 0 Å². The van der Waals surface area contributed by atoms with Gasteiger partial charge in [-0.3, -0.25) is 4.90 Å². The van der Waals surface area contributed by atoms with Crippen molar-refractivity contribution in [3.63, 3.8) is 0 Å². The van der Waals surface area contributed by atoms with Crippen LogP contribution in [0.4, 0.5) is 0 Å². The highest BCUT2D eigenvalue weighted by molar-refractivity contribution is 5.07. The summed E-state index contributed by atoms with van der Waals surface area (Å²) >= 11 is 0. The quantitative estimate of drug-likeness (QED) is 0.831. The Hall–Kier alpha value is -0.840. The van der Waals surface area contributed by atoms with Gasteiger partial charge in [0.25, 0.3) is 0 Å². The van der Waals surface area contributed by atoms with E-state index in [9.17, 15) is 0 Å². The van der Waals surface area contributed by atoms with Gasteiger partial charge in [-0.05, 0) is 50.8 Å². The van der Waals surface area contributed by atoms with Crippen LogP contribution in [0.2, 0.25) is 0 Å². The van der Waals surface area contributed by atoms with Crippen LogP contribution in [0.5, 0.6) is 0 Å². The average molecular weight is 278 g/mol. The van der Waals surface area contributed by atoms with Crippen molar-refractivity contribution >= 4 is 0 Å². The highest BCUT2D eigenvalue weighted by Gasteiger charge is 2.20. The molecule has 1 N–H and O–H groups in total. The van der Waals surface area contributed by atoms with Crippen molar-refractivity contribution < 1.29 is 9.15 Å². The molecular formula is C16H26N2O2. The maximum absolute atomic E-state index is 5.89. The van der Waals surface area contributed by atoms with E-state index in [-0.39, 0.29) is 0 Å². The lowest BCUT2D eigenvalue weighted by molar-refractivity contribution is 0.0403. The minimum absolute atomic E-state index is 0.680. The molecule has 0 radical (unpaired) electrons. The van der Waals surface area contributed by atoms with Gasteiger partial charge in [0.1, 0.15) is 11.5 Å². The van der Waals surface area contributed by atoms with E-state index in [1.165, 1.54) is 25.7 Å². The second-order valence-electron chi connectivity index (χ2n) is 6.30. The highest BCUT2D eigenvalue weighted by Crippen LogP contribution is 2.20. The van der Waals surface area contributed by atoms with Gasteiger partial charge in [0.2, 0.25) is 0 Å². The molecule has 4 nitrogen and oxygen atoms in total. The Bertz CT molecular complexity index is 408. The van der Waals surface area contributed by atoms with Gasteiger partial charge in [0, 0.05) is 19.2 Å². The lowest BCUT2D eigenvalue weighted by Gasteiger charge is -2.26. The first kappa shape index (κ1) is 14.1. The fourth-order valence-corrected chi connectivity index (χ4v) is 2.86. The van der Waals surface area contributed by atoms with Gasteiger partial charge in [0.05, 0.1) is 19.7 Å². The predicted octanol–water partition coefficient (Wildman–Crippen LogP) is 2.39. The molecule has 2 fully saturated rings. The molecule has 2 aliphatic rings. The number of hydrogen-bond donors (Lipinski definition) is 1. The summed E-state index contributed by atoms with van der Waals surface area (Å²) < 4.78 is 11.4. The van der Waals surface area contributed by atoms with Crippen molar-refractivity contribution in [3.8, 4) is 0 Å². The average Bonchev–Trinajstić information content (AvgIpc) is 3.18. The van der Waals surface area contributed by atoms with Crippen LogP contribution in [0, 0.1) is 5.92 Å². The zero-order valence-corrected chi connectivity index (χ0v) is 12.4. The molecule has 1 saturated carbocycles. The summed E-state index contributed by atoms with van der Waals surface area (Å²) in [5.41, 5.74) is 0. The molecule has 20 heavy (non-hydrogen) atoms. The lowest BCUT2D eigenvalue weighted by Crippen LogP contribution is -2.30. The number of nitrogens with one attached hydrogen (secondary N) is 1. The third kappa shape index (κ3) is 4.33. The van der Waals surface area contributed by atoms with Gasteiger partial charge < -0.3 is 14.5 Å². The first-order valence-corrected chi connectivity index (χ1v) is 7.87. The molecule has 1 aromatic rings. The summed E-state index contributed by atoms with van der Waals surface area (Å²) in [4.78, 5) is 2.34. The molecule has 2 heterocycles. The molecule has 1 atom stereocenters. The number of ether oxygens (including phenoxy) is 1. The smallest absolute Gasteiger partial charge is 0.118 e. The summed E-state index contributed by atoms with van der Waals surface area (Å²) in [6.07, 6.45) is 5.13. The van der Waals surface area contributed by atoms with E-state index in [1.54, 1.807) is 0 Å². The van der Waals surface area contributed by atoms with E-state index in [0.29, 0.717) is 5.92 Å². The summed E-state index contributed by atoms with van der Waals surface area (Å²) in [5, 5.41) is 3.48. The molecule has 3 rings (SSSR count). The van der Waals surface area contributed by atoms with Crippen molar-refractivity contribution in [2.24, 2.45) is 5.92 Å². The summed E-state index contributed by atoms with van der Waals surface area (Å²) in [5.74, 6) is 2.80. The van der Waals surface area contributed by atoms with E-state index in [0.717, 1.165) is 50.4 Å². The van der Waals surface area contributed by atoms with Gasteiger partial charge in [-0.25, -0.2) is 0 Å². The van der Waals surface area contributed by atoms with Gasteiger partial charge in [0.15, 0.2) is 0 Å². The highest BCUT2D eigenvalue weighted by atomic mass is 16.5. The summed E-state index contributed by atoms with van der Waals surface area (Å²) in [6.45, 7) is 4.70. The van der Waals surface area contributed by atoms with E-state index in [2.05, 4.69) is 29.4 Å². The largest absolute Gasteiger partial charge is 0.463 e. The first-order chi connectivity index (χ1) is 9.79. The topological polar surface area (TPSA) is 37.6 Å². The van der Waals surface area contributed by atoms with Crippen LogP contribution >= 0.6 is 0 Å². The van der Waals surface area contributed by atoms with E-state index in [1.807, 2.05) is 0 Å². The van der Waals surface area contributed by atoms with E-state index < -0.39 is 0 Å². The van der Waals surface area contributed by atoms with E-state index >= 15 is 0 Å². The van der Waals surface area contributed by atoms with Crippen LogP contribution in [0.15, 0.2) is 16.5 Å². The van der Waals surface area contributed by atoms with Crippen molar-refractivity contribution in [3.05, 3.63) is 23.7 Å². The third-order valence-electron chi connectivity index (χ3n) is 4.11. The van der Waals surface area contributed by atoms with Crippen LogP contribution in [0.3, 0.4) is 0 Å². The second-order valence-corrected chi connectivity index (χ2v) is 6.30. The van der Waals surface area contributed by atoms with Crippen molar-refractivity contribution in [1.82, 2.24) is 10.2 Å². The third-order valence-corrected chi connectivity index (χ3v) is 4.11. The Labute approximate surface area is 121 Å². The minimum Gasteiger partial charge on any atom is -0.463 e. The Kier molecular flexibility index (Phi) is 4.76. The normalized spacial score (nSPS) is 23.4. The van der Waals surface area contributed by atoms with Crippen LogP contribution < -0.4 is 5.32 Å². The van der Waals surface area contributed by atoms with Crippen LogP contribution in [-0.2, 0) is 17.8 Å². The van der Waals surface area contributed by atoms with Crippen molar-refractivity contribution in [1.29, 1.82) is 0 Å². The number of hydrogen-bond acceptors (Lipinski definition) is 4. The molecule has 4 heteroatoms.